The van der Waals surface area contributed by atoms with Gasteiger partial charge < -0.3 is 19.7 Å². The van der Waals surface area contributed by atoms with Crippen molar-refractivity contribution in [1.82, 2.24) is 14.5 Å². The van der Waals surface area contributed by atoms with Crippen molar-refractivity contribution in [2.24, 2.45) is 0 Å². The summed E-state index contributed by atoms with van der Waals surface area (Å²) in [6.45, 7) is 2.70. The Kier molecular flexibility index (Phi) is 11.0. The zero-order valence-electron chi connectivity index (χ0n) is 23.3. The third kappa shape index (κ3) is 8.42. The number of nitrogens with zero attached hydrogens (tertiary/aromatic N) is 4. The van der Waals surface area contributed by atoms with Gasteiger partial charge >= 0.3 is 69.2 Å². The SMILES string of the molecule is CC(C)(C)[O-].O=C(O)Cc1cc(CSc2ncc3c(n2)c(N2CC(F)(F)C(F)(F)C2)cn3C2CCC2)ccc1F.[K+]. The van der Waals surface area contributed by atoms with E-state index in [0.29, 0.717) is 27.5 Å². The number of anilines is 1. The topological polar surface area (TPSA) is 94.3 Å². The number of fused-ring (bicyclic) bond motifs is 1. The van der Waals surface area contributed by atoms with Crippen molar-refractivity contribution in [2.45, 2.75) is 80.9 Å². The van der Waals surface area contributed by atoms with Crippen LogP contribution in [0.2, 0.25) is 0 Å². The molecule has 7 nitrogen and oxygen atoms in total. The van der Waals surface area contributed by atoms with Crippen LogP contribution in [-0.2, 0) is 17.0 Å². The summed E-state index contributed by atoms with van der Waals surface area (Å²) < 4.78 is 71.5. The standard InChI is InChI=1S/C23H21F5N4O2S.C4H9O.K/c24-16-5-4-13(6-14(16)7-19(33)34)10-35-21-29-8-17-20(30-21)18(9-32(17)15-2-1-3-15)31-11-22(25,26)23(27,28)12-31;1-4(2,3)5;/h4-6,8-9,15H,1-3,7,10-12H2,(H,33,34);1-3H3;/q;-1;+1. The van der Waals surface area contributed by atoms with Crippen LogP contribution in [0.25, 0.3) is 11.0 Å². The maximum Gasteiger partial charge on any atom is 1.00 e. The Morgan fingerprint density at radius 2 is 1.78 bits per heavy atom. The van der Waals surface area contributed by atoms with Crippen molar-refractivity contribution in [3.63, 3.8) is 0 Å². The first-order valence-electron chi connectivity index (χ1n) is 12.7. The van der Waals surface area contributed by atoms with Gasteiger partial charge in [0, 0.05) is 18.0 Å². The molecule has 2 fully saturated rings. The van der Waals surface area contributed by atoms with Gasteiger partial charge in [-0.1, -0.05) is 44.7 Å². The molecule has 218 valence electrons. The number of hydrogen-bond donors (Lipinski definition) is 1. The predicted molar refractivity (Wildman–Crippen MR) is 140 cm³/mol. The van der Waals surface area contributed by atoms with Gasteiger partial charge in [-0.05, 0) is 36.5 Å². The molecule has 1 aliphatic carbocycles. The summed E-state index contributed by atoms with van der Waals surface area (Å²) in [5, 5.41) is 19.3. The fraction of sp³-hybridized carbons (Fsp3) is 0.519. The Bertz CT molecular complexity index is 1370. The van der Waals surface area contributed by atoms with Crippen molar-refractivity contribution in [3.05, 3.63) is 47.5 Å². The number of aliphatic carboxylic acids is 1. The van der Waals surface area contributed by atoms with E-state index >= 15 is 0 Å². The van der Waals surface area contributed by atoms with Crippen molar-refractivity contribution < 1.29 is 88.3 Å². The molecule has 0 unspecified atom stereocenters. The van der Waals surface area contributed by atoms with Crippen LogP contribution in [0, 0.1) is 5.82 Å². The van der Waals surface area contributed by atoms with Gasteiger partial charge in [-0.15, -0.1) is 5.60 Å². The molecule has 1 N–H and O–H groups in total. The summed E-state index contributed by atoms with van der Waals surface area (Å²) in [5.74, 6) is -9.74. The predicted octanol–water partition coefficient (Wildman–Crippen LogP) is 2.45. The third-order valence-corrected chi connectivity index (χ3v) is 7.40. The number of benzene rings is 1. The number of carboxylic acids is 1. The first-order chi connectivity index (χ1) is 18.5. The minimum Gasteiger partial charge on any atom is -0.850 e. The Hall–Kier alpha value is -1.29. The maximum absolute atomic E-state index is 13.9. The summed E-state index contributed by atoms with van der Waals surface area (Å²) >= 11 is 1.19. The first-order valence-corrected chi connectivity index (χ1v) is 13.7. The van der Waals surface area contributed by atoms with Crippen LogP contribution in [0.4, 0.5) is 27.6 Å². The minimum atomic E-state index is -4.14. The van der Waals surface area contributed by atoms with Crippen molar-refractivity contribution >= 4 is 34.5 Å². The molecule has 3 aromatic rings. The summed E-state index contributed by atoms with van der Waals surface area (Å²) in [6.07, 6.45) is 5.56. The van der Waals surface area contributed by atoms with Crippen molar-refractivity contribution in [3.8, 4) is 0 Å². The van der Waals surface area contributed by atoms with Crippen LogP contribution < -0.4 is 61.4 Å². The van der Waals surface area contributed by atoms with Gasteiger partial charge in [0.05, 0.1) is 36.9 Å². The summed E-state index contributed by atoms with van der Waals surface area (Å²) in [7, 11) is 0. The van der Waals surface area contributed by atoms with E-state index in [2.05, 4.69) is 9.97 Å². The van der Waals surface area contributed by atoms with E-state index in [-0.39, 0.29) is 68.7 Å². The molecule has 0 radical (unpaired) electrons. The number of carboxylic acid groups (broad SMARTS) is 1. The Balaban J connectivity index is 0.000000711. The van der Waals surface area contributed by atoms with E-state index in [9.17, 15) is 31.9 Å². The molecule has 41 heavy (non-hydrogen) atoms. The van der Waals surface area contributed by atoms with Crippen molar-refractivity contribution in [1.29, 1.82) is 0 Å². The monoisotopic (exact) mass is 624 g/mol. The quantitative estimate of drug-likeness (QED) is 0.187. The van der Waals surface area contributed by atoms with Crippen LogP contribution in [0.1, 0.15) is 57.2 Å². The number of rotatable bonds is 7. The van der Waals surface area contributed by atoms with E-state index in [0.717, 1.165) is 24.2 Å². The molecule has 1 aromatic carbocycles. The zero-order valence-corrected chi connectivity index (χ0v) is 27.2. The molecule has 14 heteroatoms. The number of aromatic nitrogens is 3. The smallest absolute Gasteiger partial charge is 0.850 e. The molecule has 3 heterocycles. The number of carbonyl (C=O) groups is 1. The maximum atomic E-state index is 13.9. The van der Waals surface area contributed by atoms with E-state index in [1.807, 2.05) is 4.57 Å². The molecule has 0 atom stereocenters. The normalized spacial score (nSPS) is 17.9. The van der Waals surface area contributed by atoms with Gasteiger partial charge in [0.2, 0.25) is 0 Å². The molecule has 2 aromatic heterocycles. The Morgan fingerprint density at radius 3 is 2.32 bits per heavy atom. The number of thioether (sulfide) groups is 1. The molecular formula is C27H30F5KN4O3S. The fourth-order valence-electron chi connectivity index (χ4n) is 4.37. The molecule has 0 bridgehead atoms. The van der Waals surface area contributed by atoms with Crippen LogP contribution >= 0.6 is 11.8 Å². The van der Waals surface area contributed by atoms with Crippen LogP contribution in [0.3, 0.4) is 0 Å². The Labute approximate surface area is 281 Å². The molecule has 1 aliphatic heterocycles. The number of halogens is 5. The van der Waals surface area contributed by atoms with E-state index in [4.69, 9.17) is 5.11 Å². The van der Waals surface area contributed by atoms with Crippen LogP contribution in [0.5, 0.6) is 0 Å². The molecule has 2 aliphatic rings. The zero-order chi connectivity index (χ0) is 29.5. The first kappa shape index (κ1) is 34.2. The summed E-state index contributed by atoms with van der Waals surface area (Å²) in [6, 6.07) is 4.33. The fourth-order valence-corrected chi connectivity index (χ4v) is 5.13. The summed E-state index contributed by atoms with van der Waals surface area (Å²) in [5.41, 5.74) is 1.11. The Morgan fingerprint density at radius 1 is 1.17 bits per heavy atom. The van der Waals surface area contributed by atoms with Crippen molar-refractivity contribution in [2.75, 3.05) is 18.0 Å². The van der Waals surface area contributed by atoms with E-state index in [1.54, 1.807) is 33.2 Å². The van der Waals surface area contributed by atoms with Gasteiger partial charge in [0.25, 0.3) is 0 Å². The molecule has 0 amide bonds. The second kappa shape index (κ2) is 13.1. The molecular weight excluding hydrogens is 594 g/mol. The molecule has 0 spiro atoms. The van der Waals surface area contributed by atoms with E-state index in [1.165, 1.54) is 30.0 Å². The van der Waals surface area contributed by atoms with Gasteiger partial charge in [-0.2, -0.15) is 17.6 Å². The van der Waals surface area contributed by atoms with Crippen LogP contribution in [-0.4, -0.2) is 56.1 Å². The van der Waals surface area contributed by atoms with E-state index < -0.39 is 48.7 Å². The summed E-state index contributed by atoms with van der Waals surface area (Å²) in [4.78, 5) is 20.8. The average Bonchev–Trinajstić information content (AvgIpc) is 3.24. The van der Waals surface area contributed by atoms with Crippen LogP contribution in [0.15, 0.2) is 35.7 Å². The second-order valence-electron chi connectivity index (χ2n) is 11.1. The number of alkyl halides is 4. The largest absolute Gasteiger partial charge is 1.00 e. The van der Waals surface area contributed by atoms with Gasteiger partial charge in [0.15, 0.2) is 5.16 Å². The van der Waals surface area contributed by atoms with Gasteiger partial charge in [-0.3, -0.25) is 4.79 Å². The number of hydrogen-bond acceptors (Lipinski definition) is 6. The minimum absolute atomic E-state index is 0. The third-order valence-electron chi connectivity index (χ3n) is 6.47. The molecule has 5 rings (SSSR count). The van der Waals surface area contributed by atoms with Gasteiger partial charge in [-0.25, -0.2) is 14.4 Å². The average molecular weight is 625 g/mol. The molecule has 1 saturated heterocycles. The molecule has 1 saturated carbocycles. The van der Waals surface area contributed by atoms with Gasteiger partial charge in [0.1, 0.15) is 11.3 Å². The second-order valence-corrected chi connectivity index (χ2v) is 12.0.